The second-order valence-electron chi connectivity index (χ2n) is 6.08. The van der Waals surface area contributed by atoms with E-state index >= 15 is 0 Å². The van der Waals surface area contributed by atoms with Gasteiger partial charge in [-0.2, -0.15) is 0 Å². The summed E-state index contributed by atoms with van der Waals surface area (Å²) in [6, 6.07) is 5.78. The minimum atomic E-state index is -0.130. The van der Waals surface area contributed by atoms with Crippen LogP contribution in [0, 0.1) is 18.2 Å². The number of rotatable bonds is 4. The summed E-state index contributed by atoms with van der Waals surface area (Å²) in [5.74, 6) is -0.130. The van der Waals surface area contributed by atoms with Crippen molar-refractivity contribution in [3.63, 3.8) is 0 Å². The average molecular weight is 237 g/mol. The van der Waals surface area contributed by atoms with E-state index < -0.39 is 0 Å². The van der Waals surface area contributed by atoms with Crippen molar-refractivity contribution in [2.75, 3.05) is 5.32 Å². The SMILES string of the molecule is Cc1cccc(NC(C)CCC(C)(C)C)c1F. The molecule has 96 valence electrons. The van der Waals surface area contributed by atoms with Gasteiger partial charge in [-0.15, -0.1) is 0 Å². The van der Waals surface area contributed by atoms with Crippen molar-refractivity contribution in [1.29, 1.82) is 0 Å². The molecule has 17 heavy (non-hydrogen) atoms. The molecule has 1 atom stereocenters. The van der Waals surface area contributed by atoms with Crippen molar-refractivity contribution in [3.8, 4) is 0 Å². The minimum absolute atomic E-state index is 0.130. The quantitative estimate of drug-likeness (QED) is 0.796. The van der Waals surface area contributed by atoms with Gasteiger partial charge in [0.15, 0.2) is 0 Å². The predicted molar refractivity (Wildman–Crippen MR) is 72.9 cm³/mol. The Hall–Kier alpha value is -1.05. The first kappa shape index (κ1) is 14.0. The number of nitrogens with one attached hydrogen (secondary N) is 1. The molecular weight excluding hydrogens is 213 g/mol. The zero-order valence-electron chi connectivity index (χ0n) is 11.6. The Kier molecular flexibility index (Phi) is 4.55. The number of benzene rings is 1. The van der Waals surface area contributed by atoms with Gasteiger partial charge >= 0.3 is 0 Å². The Morgan fingerprint density at radius 2 is 1.94 bits per heavy atom. The predicted octanol–water partition coefficient (Wildman–Crippen LogP) is 4.76. The summed E-state index contributed by atoms with van der Waals surface area (Å²) in [6.07, 6.45) is 2.19. The summed E-state index contributed by atoms with van der Waals surface area (Å²) in [6.45, 7) is 10.6. The third kappa shape index (κ3) is 4.76. The van der Waals surface area contributed by atoms with E-state index in [4.69, 9.17) is 0 Å². The van der Waals surface area contributed by atoms with Gasteiger partial charge in [-0.05, 0) is 43.7 Å². The van der Waals surface area contributed by atoms with Gasteiger partial charge in [0, 0.05) is 6.04 Å². The van der Waals surface area contributed by atoms with Gasteiger partial charge in [0.2, 0.25) is 0 Å². The Bertz CT molecular complexity index is 366. The standard InChI is InChI=1S/C15H24FN/c1-11-7-6-8-13(14(11)16)17-12(2)9-10-15(3,4)5/h6-8,12,17H,9-10H2,1-5H3. The summed E-state index contributed by atoms with van der Waals surface area (Å²) in [5.41, 5.74) is 1.64. The molecule has 0 aromatic heterocycles. The van der Waals surface area contributed by atoms with Crippen molar-refractivity contribution < 1.29 is 4.39 Å². The summed E-state index contributed by atoms with van der Waals surface area (Å²) in [4.78, 5) is 0. The first-order chi connectivity index (χ1) is 7.79. The van der Waals surface area contributed by atoms with Crippen LogP contribution in [0.15, 0.2) is 18.2 Å². The molecule has 0 saturated carbocycles. The Labute approximate surface area is 104 Å². The lowest BCUT2D eigenvalue weighted by molar-refractivity contribution is 0.356. The lowest BCUT2D eigenvalue weighted by Gasteiger charge is -2.22. The molecule has 0 amide bonds. The summed E-state index contributed by atoms with van der Waals surface area (Å²) in [7, 11) is 0. The van der Waals surface area contributed by atoms with Crippen LogP contribution in [0.1, 0.15) is 46.1 Å². The van der Waals surface area contributed by atoms with Crippen molar-refractivity contribution in [3.05, 3.63) is 29.6 Å². The molecule has 0 bridgehead atoms. The number of halogens is 1. The van der Waals surface area contributed by atoms with Crippen molar-refractivity contribution in [1.82, 2.24) is 0 Å². The highest BCUT2D eigenvalue weighted by molar-refractivity contribution is 5.47. The van der Waals surface area contributed by atoms with Gasteiger partial charge in [0.25, 0.3) is 0 Å². The minimum Gasteiger partial charge on any atom is -0.380 e. The molecule has 0 radical (unpaired) electrons. The van der Waals surface area contributed by atoms with Crippen LogP contribution in [-0.4, -0.2) is 6.04 Å². The van der Waals surface area contributed by atoms with Crippen LogP contribution in [0.5, 0.6) is 0 Å². The number of aryl methyl sites for hydroxylation is 1. The number of anilines is 1. The van der Waals surface area contributed by atoms with Crippen LogP contribution in [0.2, 0.25) is 0 Å². The first-order valence-electron chi connectivity index (χ1n) is 6.31. The van der Waals surface area contributed by atoms with E-state index in [2.05, 4.69) is 33.0 Å². The lowest BCUT2D eigenvalue weighted by atomic mass is 9.89. The number of hydrogen-bond acceptors (Lipinski definition) is 1. The van der Waals surface area contributed by atoms with E-state index in [1.54, 1.807) is 19.1 Å². The maximum atomic E-state index is 13.8. The molecule has 1 N–H and O–H groups in total. The van der Waals surface area contributed by atoms with Crippen LogP contribution in [0.4, 0.5) is 10.1 Å². The normalized spacial score (nSPS) is 13.5. The van der Waals surface area contributed by atoms with Gasteiger partial charge in [0.1, 0.15) is 5.82 Å². The van der Waals surface area contributed by atoms with Gasteiger partial charge in [-0.1, -0.05) is 32.9 Å². The molecule has 2 heteroatoms. The van der Waals surface area contributed by atoms with E-state index in [-0.39, 0.29) is 5.82 Å². The van der Waals surface area contributed by atoms with Crippen molar-refractivity contribution in [2.45, 2.75) is 53.5 Å². The van der Waals surface area contributed by atoms with Crippen LogP contribution in [-0.2, 0) is 0 Å². The third-order valence-corrected chi connectivity index (χ3v) is 2.92. The van der Waals surface area contributed by atoms with Crippen LogP contribution in [0.25, 0.3) is 0 Å². The monoisotopic (exact) mass is 237 g/mol. The molecule has 1 rings (SSSR count). The highest BCUT2D eigenvalue weighted by Crippen LogP contribution is 2.24. The molecule has 0 saturated heterocycles. The largest absolute Gasteiger partial charge is 0.380 e. The zero-order valence-corrected chi connectivity index (χ0v) is 11.6. The van der Waals surface area contributed by atoms with E-state index in [0.717, 1.165) is 12.8 Å². The highest BCUT2D eigenvalue weighted by Gasteiger charge is 2.13. The topological polar surface area (TPSA) is 12.0 Å². The van der Waals surface area contributed by atoms with Gasteiger partial charge in [-0.25, -0.2) is 4.39 Å². The van der Waals surface area contributed by atoms with Gasteiger partial charge < -0.3 is 5.32 Å². The lowest BCUT2D eigenvalue weighted by Crippen LogP contribution is -2.19. The van der Waals surface area contributed by atoms with Gasteiger partial charge in [0.05, 0.1) is 5.69 Å². The maximum Gasteiger partial charge on any atom is 0.149 e. The molecule has 0 aliphatic heterocycles. The molecule has 0 heterocycles. The Morgan fingerprint density at radius 3 is 2.53 bits per heavy atom. The van der Waals surface area contributed by atoms with Crippen LogP contribution >= 0.6 is 0 Å². The average Bonchev–Trinajstić information content (AvgIpc) is 2.21. The molecule has 0 fully saturated rings. The summed E-state index contributed by atoms with van der Waals surface area (Å²) >= 11 is 0. The van der Waals surface area contributed by atoms with Crippen LogP contribution in [0.3, 0.4) is 0 Å². The second kappa shape index (κ2) is 5.52. The molecule has 0 aliphatic carbocycles. The molecule has 1 aromatic carbocycles. The fourth-order valence-electron chi connectivity index (χ4n) is 1.75. The van der Waals surface area contributed by atoms with Gasteiger partial charge in [-0.3, -0.25) is 0 Å². The third-order valence-electron chi connectivity index (χ3n) is 2.92. The molecule has 1 aromatic rings. The van der Waals surface area contributed by atoms with E-state index in [9.17, 15) is 4.39 Å². The second-order valence-corrected chi connectivity index (χ2v) is 6.08. The fourth-order valence-corrected chi connectivity index (χ4v) is 1.75. The molecule has 1 unspecified atom stereocenters. The molecule has 0 aliphatic rings. The Morgan fingerprint density at radius 1 is 1.29 bits per heavy atom. The zero-order chi connectivity index (χ0) is 13.1. The Balaban J connectivity index is 2.56. The highest BCUT2D eigenvalue weighted by atomic mass is 19.1. The number of hydrogen-bond donors (Lipinski definition) is 1. The van der Waals surface area contributed by atoms with E-state index in [1.165, 1.54) is 0 Å². The molecule has 1 nitrogen and oxygen atoms in total. The van der Waals surface area contributed by atoms with E-state index in [0.29, 0.717) is 22.7 Å². The first-order valence-corrected chi connectivity index (χ1v) is 6.31. The summed E-state index contributed by atoms with van der Waals surface area (Å²) in [5, 5.41) is 3.25. The van der Waals surface area contributed by atoms with Crippen LogP contribution < -0.4 is 5.32 Å². The van der Waals surface area contributed by atoms with E-state index in [1.807, 2.05) is 6.07 Å². The molecular formula is C15H24FN. The molecule has 0 spiro atoms. The van der Waals surface area contributed by atoms with Crippen molar-refractivity contribution in [2.24, 2.45) is 5.41 Å². The fraction of sp³-hybridized carbons (Fsp3) is 0.600. The van der Waals surface area contributed by atoms with Crippen molar-refractivity contribution >= 4 is 5.69 Å². The maximum absolute atomic E-state index is 13.8. The smallest absolute Gasteiger partial charge is 0.149 e. The summed E-state index contributed by atoms with van der Waals surface area (Å²) < 4.78 is 13.8.